The molecule has 196 valence electrons. The number of nitrogens with one attached hydrogen (secondary N) is 1. The molecule has 2 heterocycles. The number of ether oxygens (including phenoxy) is 2. The summed E-state index contributed by atoms with van der Waals surface area (Å²) in [5.74, 6) is 1.53. The number of rotatable bonds is 12. The first-order valence-corrected chi connectivity index (χ1v) is 12.8. The van der Waals surface area contributed by atoms with Gasteiger partial charge in [-0.05, 0) is 52.2 Å². The van der Waals surface area contributed by atoms with Gasteiger partial charge >= 0.3 is 5.97 Å². The largest absolute Gasteiger partial charge is 0.472 e. The number of aryl methyl sites for hydroxylation is 1. The first kappa shape index (κ1) is 27.4. The molecule has 3 aromatic rings. The second-order valence-corrected chi connectivity index (χ2v) is 10.3. The summed E-state index contributed by atoms with van der Waals surface area (Å²) >= 11 is 0. The third-order valence-electron chi connectivity index (χ3n) is 5.46. The summed E-state index contributed by atoms with van der Waals surface area (Å²) in [5.41, 5.74) is 9.39. The van der Waals surface area contributed by atoms with Gasteiger partial charge in [0, 0.05) is 26.1 Å². The van der Waals surface area contributed by atoms with Gasteiger partial charge in [-0.1, -0.05) is 37.6 Å². The molecule has 0 amide bonds. The van der Waals surface area contributed by atoms with E-state index in [0.717, 1.165) is 41.7 Å². The van der Waals surface area contributed by atoms with Crippen LogP contribution in [0.3, 0.4) is 0 Å². The zero-order valence-corrected chi connectivity index (χ0v) is 22.4. The van der Waals surface area contributed by atoms with Crippen LogP contribution in [-0.2, 0) is 29.0 Å². The van der Waals surface area contributed by atoms with Crippen molar-refractivity contribution in [3.8, 4) is 5.88 Å². The monoisotopic (exact) mass is 496 g/mol. The molecule has 0 atom stereocenters. The van der Waals surface area contributed by atoms with E-state index in [1.807, 2.05) is 34.6 Å². The van der Waals surface area contributed by atoms with Crippen LogP contribution in [0, 0.1) is 0 Å². The van der Waals surface area contributed by atoms with Crippen molar-refractivity contribution >= 4 is 22.8 Å². The molecule has 3 rings (SSSR count). The van der Waals surface area contributed by atoms with Crippen LogP contribution >= 0.6 is 0 Å². The lowest BCUT2D eigenvalue weighted by Gasteiger charge is -2.19. The molecule has 0 bridgehead atoms. The SMILES string of the molecule is CCCCc1nc2c(N)nnc(OC(C)C)c2n1Cc1ccc(CNCCC(=O)OC(C)(C)C)cc1. The topological polar surface area (TPSA) is 117 Å². The van der Waals surface area contributed by atoms with Gasteiger partial charge in [-0.3, -0.25) is 4.79 Å². The summed E-state index contributed by atoms with van der Waals surface area (Å²) in [6, 6.07) is 8.42. The molecule has 1 aromatic carbocycles. The van der Waals surface area contributed by atoms with Crippen molar-refractivity contribution in [3.05, 3.63) is 41.2 Å². The molecule has 0 saturated carbocycles. The van der Waals surface area contributed by atoms with Crippen LogP contribution in [-0.4, -0.2) is 44.0 Å². The number of benzene rings is 1. The van der Waals surface area contributed by atoms with Gasteiger partial charge in [0.15, 0.2) is 5.82 Å². The van der Waals surface area contributed by atoms with Gasteiger partial charge in [-0.2, -0.15) is 0 Å². The van der Waals surface area contributed by atoms with Gasteiger partial charge in [-0.15, -0.1) is 10.2 Å². The minimum Gasteiger partial charge on any atom is -0.472 e. The highest BCUT2D eigenvalue weighted by Crippen LogP contribution is 2.29. The number of fused-ring (bicyclic) bond motifs is 1. The van der Waals surface area contributed by atoms with Gasteiger partial charge < -0.3 is 25.1 Å². The molecule has 0 unspecified atom stereocenters. The lowest BCUT2D eigenvalue weighted by molar-refractivity contribution is -0.154. The fraction of sp³-hybridized carbons (Fsp3) is 0.556. The molecular formula is C27H40N6O3. The smallest absolute Gasteiger partial charge is 0.307 e. The summed E-state index contributed by atoms with van der Waals surface area (Å²) in [6.07, 6.45) is 3.23. The number of nitrogens with zero attached hydrogens (tertiary/aromatic N) is 4. The van der Waals surface area contributed by atoms with E-state index in [9.17, 15) is 4.79 Å². The average Bonchev–Trinajstić information content (AvgIpc) is 3.16. The Kier molecular flexibility index (Phi) is 9.25. The van der Waals surface area contributed by atoms with Crippen LogP contribution in [0.1, 0.15) is 77.8 Å². The lowest BCUT2D eigenvalue weighted by atomic mass is 10.1. The predicted molar refractivity (Wildman–Crippen MR) is 142 cm³/mol. The van der Waals surface area contributed by atoms with Crippen LogP contribution in [0.25, 0.3) is 11.0 Å². The minimum absolute atomic E-state index is 0.0457. The highest BCUT2D eigenvalue weighted by molar-refractivity contribution is 5.88. The normalized spacial score (nSPS) is 11.9. The first-order chi connectivity index (χ1) is 17.1. The highest BCUT2D eigenvalue weighted by atomic mass is 16.6. The molecule has 0 aliphatic rings. The van der Waals surface area contributed by atoms with E-state index < -0.39 is 5.60 Å². The fourth-order valence-corrected chi connectivity index (χ4v) is 3.85. The molecule has 0 fully saturated rings. The number of hydrogen-bond donors (Lipinski definition) is 2. The molecule has 9 heteroatoms. The maximum Gasteiger partial charge on any atom is 0.307 e. The molecule has 0 saturated heterocycles. The van der Waals surface area contributed by atoms with Crippen molar-refractivity contribution in [2.24, 2.45) is 0 Å². The summed E-state index contributed by atoms with van der Waals surface area (Å²) in [7, 11) is 0. The Bertz CT molecular complexity index is 1150. The zero-order valence-electron chi connectivity index (χ0n) is 22.4. The van der Waals surface area contributed by atoms with Crippen molar-refractivity contribution in [3.63, 3.8) is 0 Å². The standard InChI is InChI=1S/C27H40N6O3/c1-7-8-9-21-30-23-24(26(35-18(2)3)32-31-25(23)28)33(21)17-20-12-10-19(11-13-20)16-29-15-14-22(34)36-27(4,5)6/h10-13,18,29H,7-9,14-17H2,1-6H3,(H2,28,31). The van der Waals surface area contributed by atoms with Gasteiger partial charge in [0.2, 0.25) is 0 Å². The lowest BCUT2D eigenvalue weighted by Crippen LogP contribution is -2.26. The number of anilines is 1. The Morgan fingerprint density at radius 1 is 1.14 bits per heavy atom. The summed E-state index contributed by atoms with van der Waals surface area (Å²) in [6.45, 7) is 13.6. The van der Waals surface area contributed by atoms with E-state index in [2.05, 4.69) is 51.3 Å². The predicted octanol–water partition coefficient (Wildman–Crippen LogP) is 4.41. The van der Waals surface area contributed by atoms with Gasteiger partial charge in [-0.25, -0.2) is 4.98 Å². The molecule has 9 nitrogen and oxygen atoms in total. The second-order valence-electron chi connectivity index (χ2n) is 10.3. The van der Waals surface area contributed by atoms with Crippen molar-refractivity contribution < 1.29 is 14.3 Å². The molecule has 0 aliphatic carbocycles. The van der Waals surface area contributed by atoms with Gasteiger partial charge in [0.1, 0.15) is 22.5 Å². The van der Waals surface area contributed by atoms with E-state index in [-0.39, 0.29) is 12.1 Å². The molecular weight excluding hydrogens is 456 g/mol. The molecule has 0 radical (unpaired) electrons. The number of aromatic nitrogens is 4. The third kappa shape index (κ3) is 7.65. The molecule has 3 N–H and O–H groups in total. The molecule has 36 heavy (non-hydrogen) atoms. The maximum absolute atomic E-state index is 11.9. The Morgan fingerprint density at radius 2 is 1.83 bits per heavy atom. The Morgan fingerprint density at radius 3 is 2.47 bits per heavy atom. The maximum atomic E-state index is 11.9. The third-order valence-corrected chi connectivity index (χ3v) is 5.46. The van der Waals surface area contributed by atoms with Crippen LogP contribution in [0.4, 0.5) is 5.82 Å². The number of unbranched alkanes of at least 4 members (excludes halogenated alkanes) is 1. The van der Waals surface area contributed by atoms with E-state index >= 15 is 0 Å². The molecule has 0 aliphatic heterocycles. The fourth-order valence-electron chi connectivity index (χ4n) is 3.85. The van der Waals surface area contributed by atoms with Crippen molar-refractivity contribution in [1.29, 1.82) is 0 Å². The summed E-state index contributed by atoms with van der Waals surface area (Å²) in [5, 5.41) is 11.6. The van der Waals surface area contributed by atoms with Crippen LogP contribution in [0.5, 0.6) is 5.88 Å². The van der Waals surface area contributed by atoms with Crippen LogP contribution in [0.2, 0.25) is 0 Å². The summed E-state index contributed by atoms with van der Waals surface area (Å²) < 4.78 is 13.5. The summed E-state index contributed by atoms with van der Waals surface area (Å²) in [4.78, 5) is 16.7. The highest BCUT2D eigenvalue weighted by Gasteiger charge is 2.20. The van der Waals surface area contributed by atoms with Crippen LogP contribution < -0.4 is 15.8 Å². The number of nitrogens with two attached hydrogens (primary N) is 1. The van der Waals surface area contributed by atoms with E-state index in [1.54, 1.807) is 0 Å². The number of carbonyl (C=O) groups excluding carboxylic acids is 1. The number of nitrogen functional groups attached to an aromatic ring is 1. The quantitative estimate of drug-likeness (QED) is 0.280. The number of imidazole rings is 1. The van der Waals surface area contributed by atoms with E-state index in [4.69, 9.17) is 20.2 Å². The molecule has 0 spiro atoms. The Balaban J connectivity index is 1.73. The van der Waals surface area contributed by atoms with Gasteiger partial charge in [0.25, 0.3) is 5.88 Å². The average molecular weight is 497 g/mol. The molecule has 2 aromatic heterocycles. The second kappa shape index (κ2) is 12.2. The van der Waals surface area contributed by atoms with Gasteiger partial charge in [0.05, 0.1) is 12.5 Å². The van der Waals surface area contributed by atoms with Crippen LogP contribution in [0.15, 0.2) is 24.3 Å². The van der Waals surface area contributed by atoms with Crippen molar-refractivity contribution in [2.45, 2.75) is 92.0 Å². The van der Waals surface area contributed by atoms with E-state index in [1.165, 1.54) is 0 Å². The number of esters is 1. The van der Waals surface area contributed by atoms with Crippen molar-refractivity contribution in [2.75, 3.05) is 12.3 Å². The zero-order chi connectivity index (χ0) is 26.3. The first-order valence-electron chi connectivity index (χ1n) is 12.8. The van der Waals surface area contributed by atoms with E-state index in [0.29, 0.717) is 43.3 Å². The number of hydrogen-bond acceptors (Lipinski definition) is 8. The Hall–Kier alpha value is -3.20. The minimum atomic E-state index is -0.455. The number of carbonyl (C=O) groups is 1. The Labute approximate surface area is 213 Å². The van der Waals surface area contributed by atoms with Crippen molar-refractivity contribution in [1.82, 2.24) is 25.1 Å².